The molecule has 0 radical (unpaired) electrons. The van der Waals surface area contributed by atoms with Crippen LogP contribution in [0.25, 0.3) is 0 Å². The van der Waals surface area contributed by atoms with Crippen molar-refractivity contribution in [3.63, 3.8) is 0 Å². The first kappa shape index (κ1) is 10.4. The Kier molecular flexibility index (Phi) is 4.38. The lowest BCUT2D eigenvalue weighted by Gasteiger charge is -2.05. The smallest absolute Gasteiger partial charge is 0.166 e. The van der Waals surface area contributed by atoms with E-state index in [9.17, 15) is 0 Å². The number of hydrogen-bond acceptors (Lipinski definition) is 5. The second-order valence-corrected chi connectivity index (χ2v) is 2.69. The number of nitriles is 1. The van der Waals surface area contributed by atoms with Crippen molar-refractivity contribution in [1.29, 1.82) is 5.26 Å². The van der Waals surface area contributed by atoms with Crippen LogP contribution < -0.4 is 10.6 Å². The van der Waals surface area contributed by atoms with Crippen molar-refractivity contribution >= 4 is 5.82 Å². The SMILES string of the molecule is CCNCCNc1nnccc1C#N. The highest BCUT2D eigenvalue weighted by atomic mass is 15.2. The van der Waals surface area contributed by atoms with Crippen LogP contribution >= 0.6 is 0 Å². The second-order valence-electron chi connectivity index (χ2n) is 2.69. The van der Waals surface area contributed by atoms with Gasteiger partial charge in [-0.1, -0.05) is 6.92 Å². The molecule has 5 nitrogen and oxygen atoms in total. The Balaban J connectivity index is 2.46. The maximum Gasteiger partial charge on any atom is 0.166 e. The highest BCUT2D eigenvalue weighted by Crippen LogP contribution is 2.06. The summed E-state index contributed by atoms with van der Waals surface area (Å²) in [4.78, 5) is 0. The van der Waals surface area contributed by atoms with Crippen molar-refractivity contribution in [3.8, 4) is 6.07 Å². The minimum atomic E-state index is 0.525. The third-order valence-electron chi connectivity index (χ3n) is 1.69. The molecule has 5 heteroatoms. The van der Waals surface area contributed by atoms with E-state index in [2.05, 4.69) is 26.9 Å². The summed E-state index contributed by atoms with van der Waals surface area (Å²) < 4.78 is 0. The van der Waals surface area contributed by atoms with E-state index < -0.39 is 0 Å². The summed E-state index contributed by atoms with van der Waals surface area (Å²) in [7, 11) is 0. The predicted octanol–water partition coefficient (Wildman–Crippen LogP) is 0.370. The average molecular weight is 191 g/mol. The van der Waals surface area contributed by atoms with Gasteiger partial charge in [0.1, 0.15) is 6.07 Å². The largest absolute Gasteiger partial charge is 0.366 e. The number of hydrogen-bond donors (Lipinski definition) is 2. The number of aromatic nitrogens is 2. The zero-order valence-electron chi connectivity index (χ0n) is 8.12. The average Bonchev–Trinajstić information content (AvgIpc) is 2.25. The molecule has 1 aromatic heterocycles. The normalized spacial score (nSPS) is 9.43. The summed E-state index contributed by atoms with van der Waals surface area (Å²) in [5.41, 5.74) is 0.525. The van der Waals surface area contributed by atoms with E-state index in [1.165, 1.54) is 6.20 Å². The third-order valence-corrected chi connectivity index (χ3v) is 1.69. The third kappa shape index (κ3) is 2.99. The Labute approximate surface area is 83.2 Å². The van der Waals surface area contributed by atoms with Crippen molar-refractivity contribution in [1.82, 2.24) is 15.5 Å². The van der Waals surface area contributed by atoms with E-state index in [-0.39, 0.29) is 0 Å². The van der Waals surface area contributed by atoms with Gasteiger partial charge in [-0.3, -0.25) is 0 Å². The van der Waals surface area contributed by atoms with Crippen LogP contribution in [-0.4, -0.2) is 29.8 Å². The number of nitrogens with zero attached hydrogens (tertiary/aromatic N) is 3. The molecule has 1 aromatic rings. The summed E-state index contributed by atoms with van der Waals surface area (Å²) in [6, 6.07) is 3.69. The van der Waals surface area contributed by atoms with Gasteiger partial charge in [0, 0.05) is 13.1 Å². The lowest BCUT2D eigenvalue weighted by atomic mass is 10.3. The highest BCUT2D eigenvalue weighted by Gasteiger charge is 2.00. The predicted molar refractivity (Wildman–Crippen MR) is 53.8 cm³/mol. The van der Waals surface area contributed by atoms with Crippen molar-refractivity contribution in [2.24, 2.45) is 0 Å². The molecule has 0 saturated carbocycles. The van der Waals surface area contributed by atoms with Gasteiger partial charge in [0.2, 0.25) is 0 Å². The molecule has 1 heterocycles. The molecule has 0 aliphatic heterocycles. The van der Waals surface area contributed by atoms with Gasteiger partial charge >= 0.3 is 0 Å². The van der Waals surface area contributed by atoms with Gasteiger partial charge in [-0.25, -0.2) is 0 Å². The monoisotopic (exact) mass is 191 g/mol. The molecular weight excluding hydrogens is 178 g/mol. The van der Waals surface area contributed by atoms with Crippen LogP contribution in [0.2, 0.25) is 0 Å². The highest BCUT2D eigenvalue weighted by molar-refractivity contribution is 5.49. The minimum absolute atomic E-state index is 0.525. The van der Waals surface area contributed by atoms with Gasteiger partial charge in [-0.15, -0.1) is 5.10 Å². The summed E-state index contributed by atoms with van der Waals surface area (Å²) in [6.45, 7) is 4.56. The molecule has 0 aliphatic rings. The molecule has 0 aromatic carbocycles. The fourth-order valence-corrected chi connectivity index (χ4v) is 0.999. The lowest BCUT2D eigenvalue weighted by molar-refractivity contribution is 0.736. The molecule has 74 valence electrons. The van der Waals surface area contributed by atoms with E-state index in [0.717, 1.165) is 19.6 Å². The summed E-state index contributed by atoms with van der Waals surface area (Å²) in [5, 5.41) is 22.5. The van der Waals surface area contributed by atoms with Crippen molar-refractivity contribution in [3.05, 3.63) is 17.8 Å². The Morgan fingerprint density at radius 2 is 2.36 bits per heavy atom. The maximum absolute atomic E-state index is 8.75. The van der Waals surface area contributed by atoms with Crippen LogP contribution in [0.5, 0.6) is 0 Å². The molecular formula is C9H13N5. The van der Waals surface area contributed by atoms with Gasteiger partial charge in [0.15, 0.2) is 5.82 Å². The topological polar surface area (TPSA) is 73.6 Å². The Morgan fingerprint density at radius 3 is 3.07 bits per heavy atom. The molecule has 1 rings (SSSR count). The fourth-order valence-electron chi connectivity index (χ4n) is 0.999. The Bertz CT molecular complexity index is 317. The van der Waals surface area contributed by atoms with Gasteiger partial charge in [-0.2, -0.15) is 10.4 Å². The first-order valence-corrected chi connectivity index (χ1v) is 4.55. The van der Waals surface area contributed by atoms with Crippen LogP contribution in [0, 0.1) is 11.3 Å². The molecule has 2 N–H and O–H groups in total. The van der Waals surface area contributed by atoms with E-state index in [1.807, 2.05) is 6.92 Å². The van der Waals surface area contributed by atoms with E-state index in [0.29, 0.717) is 11.4 Å². The minimum Gasteiger partial charge on any atom is -0.366 e. The van der Waals surface area contributed by atoms with Crippen LogP contribution in [0.3, 0.4) is 0 Å². The van der Waals surface area contributed by atoms with Crippen LogP contribution in [0.1, 0.15) is 12.5 Å². The zero-order valence-corrected chi connectivity index (χ0v) is 8.12. The number of nitrogens with one attached hydrogen (secondary N) is 2. The first-order valence-electron chi connectivity index (χ1n) is 4.55. The summed E-state index contributed by atoms with van der Waals surface area (Å²) >= 11 is 0. The molecule has 0 saturated heterocycles. The van der Waals surface area contributed by atoms with E-state index >= 15 is 0 Å². The quantitative estimate of drug-likeness (QED) is 0.658. The lowest BCUT2D eigenvalue weighted by Crippen LogP contribution is -2.22. The summed E-state index contributed by atoms with van der Waals surface area (Å²) in [6.07, 6.45) is 1.51. The number of likely N-dealkylation sites (N-methyl/N-ethyl adjacent to an activating group) is 1. The molecule has 0 bridgehead atoms. The van der Waals surface area contributed by atoms with Crippen LogP contribution in [0.4, 0.5) is 5.82 Å². The molecule has 0 unspecified atom stereocenters. The Hall–Kier alpha value is -1.67. The number of rotatable bonds is 5. The van der Waals surface area contributed by atoms with Gasteiger partial charge in [0.25, 0.3) is 0 Å². The standard InChI is InChI=1S/C9H13N5/c1-2-11-5-6-12-9-8(7-10)3-4-13-14-9/h3-4,11H,2,5-6H2,1H3,(H,12,14). The van der Waals surface area contributed by atoms with Gasteiger partial charge < -0.3 is 10.6 Å². The molecule has 0 atom stereocenters. The first-order chi connectivity index (χ1) is 6.88. The van der Waals surface area contributed by atoms with Gasteiger partial charge in [-0.05, 0) is 12.6 Å². The van der Waals surface area contributed by atoms with Crippen LogP contribution in [0.15, 0.2) is 12.3 Å². The van der Waals surface area contributed by atoms with Crippen LogP contribution in [-0.2, 0) is 0 Å². The number of anilines is 1. The molecule has 0 aliphatic carbocycles. The molecule has 0 amide bonds. The molecule has 0 spiro atoms. The van der Waals surface area contributed by atoms with Crippen molar-refractivity contribution < 1.29 is 0 Å². The Morgan fingerprint density at radius 1 is 1.50 bits per heavy atom. The zero-order chi connectivity index (χ0) is 10.2. The van der Waals surface area contributed by atoms with E-state index in [4.69, 9.17) is 5.26 Å². The van der Waals surface area contributed by atoms with Crippen molar-refractivity contribution in [2.75, 3.05) is 25.0 Å². The van der Waals surface area contributed by atoms with Gasteiger partial charge in [0.05, 0.1) is 11.8 Å². The molecule has 14 heavy (non-hydrogen) atoms. The fraction of sp³-hybridized carbons (Fsp3) is 0.444. The summed E-state index contributed by atoms with van der Waals surface area (Å²) in [5.74, 6) is 0.549. The second kappa shape index (κ2) is 5.89. The van der Waals surface area contributed by atoms with E-state index in [1.54, 1.807) is 6.07 Å². The van der Waals surface area contributed by atoms with Crippen molar-refractivity contribution in [2.45, 2.75) is 6.92 Å². The molecule has 0 fully saturated rings. The maximum atomic E-state index is 8.75.